The average Bonchev–Trinajstić information content (AvgIpc) is 2.65. The SMILES string of the molecule is CC(O)CCNC(=O)c1cccc2c1OC(C)C2C. The molecule has 3 atom stereocenters. The van der Waals surface area contributed by atoms with E-state index >= 15 is 0 Å². The Kier molecular flexibility index (Phi) is 4.10. The van der Waals surface area contributed by atoms with Crippen molar-refractivity contribution in [3.63, 3.8) is 0 Å². The van der Waals surface area contributed by atoms with Gasteiger partial charge in [-0.1, -0.05) is 19.1 Å². The standard InChI is InChI=1S/C15H21NO3/c1-9(17)7-8-16-15(18)13-6-4-5-12-10(2)11(3)19-14(12)13/h4-6,9-11,17H,7-8H2,1-3H3,(H,16,18). The Bertz CT molecular complexity index is 470. The maximum absolute atomic E-state index is 12.1. The third-order valence-electron chi connectivity index (χ3n) is 3.64. The van der Waals surface area contributed by atoms with Gasteiger partial charge in [-0.2, -0.15) is 0 Å². The minimum Gasteiger partial charge on any atom is -0.489 e. The molecule has 1 aromatic rings. The number of aliphatic hydroxyl groups is 1. The fourth-order valence-electron chi connectivity index (χ4n) is 2.25. The second-order valence-electron chi connectivity index (χ2n) is 5.23. The Morgan fingerprint density at radius 1 is 1.47 bits per heavy atom. The van der Waals surface area contributed by atoms with Crippen LogP contribution in [0.2, 0.25) is 0 Å². The number of rotatable bonds is 4. The van der Waals surface area contributed by atoms with E-state index in [0.717, 1.165) is 5.56 Å². The molecule has 4 nitrogen and oxygen atoms in total. The summed E-state index contributed by atoms with van der Waals surface area (Å²) in [5.41, 5.74) is 1.68. The summed E-state index contributed by atoms with van der Waals surface area (Å²) in [5, 5.41) is 12.0. The van der Waals surface area contributed by atoms with Crippen LogP contribution in [-0.2, 0) is 0 Å². The number of nitrogens with one attached hydrogen (secondary N) is 1. The van der Waals surface area contributed by atoms with Crippen LogP contribution in [0.4, 0.5) is 0 Å². The van der Waals surface area contributed by atoms with Crippen LogP contribution < -0.4 is 10.1 Å². The largest absolute Gasteiger partial charge is 0.489 e. The van der Waals surface area contributed by atoms with Crippen molar-refractivity contribution in [2.24, 2.45) is 0 Å². The first-order chi connectivity index (χ1) is 9.00. The zero-order valence-corrected chi connectivity index (χ0v) is 11.6. The molecule has 0 aliphatic carbocycles. The van der Waals surface area contributed by atoms with Crippen LogP contribution in [-0.4, -0.2) is 29.8 Å². The maximum atomic E-state index is 12.1. The Labute approximate surface area is 113 Å². The van der Waals surface area contributed by atoms with E-state index in [4.69, 9.17) is 4.74 Å². The minimum absolute atomic E-state index is 0.0985. The number of hydrogen-bond donors (Lipinski definition) is 2. The van der Waals surface area contributed by atoms with Crippen LogP contribution in [0.25, 0.3) is 0 Å². The van der Waals surface area contributed by atoms with Crippen LogP contribution in [0.1, 0.15) is 49.0 Å². The van der Waals surface area contributed by atoms with Crippen molar-refractivity contribution in [1.82, 2.24) is 5.32 Å². The van der Waals surface area contributed by atoms with Crippen LogP contribution in [0.15, 0.2) is 18.2 Å². The molecular weight excluding hydrogens is 242 g/mol. The highest BCUT2D eigenvalue weighted by molar-refractivity contribution is 5.97. The van der Waals surface area contributed by atoms with Gasteiger partial charge in [0.1, 0.15) is 11.9 Å². The molecule has 4 heteroatoms. The van der Waals surface area contributed by atoms with Crippen molar-refractivity contribution in [3.8, 4) is 5.75 Å². The maximum Gasteiger partial charge on any atom is 0.255 e. The number of para-hydroxylation sites is 1. The van der Waals surface area contributed by atoms with E-state index in [9.17, 15) is 9.90 Å². The molecule has 1 aliphatic rings. The second-order valence-corrected chi connectivity index (χ2v) is 5.23. The molecule has 1 aromatic carbocycles. The summed E-state index contributed by atoms with van der Waals surface area (Å²) < 4.78 is 5.79. The minimum atomic E-state index is -0.405. The quantitative estimate of drug-likeness (QED) is 0.874. The lowest BCUT2D eigenvalue weighted by molar-refractivity contribution is 0.0940. The van der Waals surface area contributed by atoms with Crippen LogP contribution in [0, 0.1) is 0 Å². The third-order valence-corrected chi connectivity index (χ3v) is 3.64. The zero-order valence-electron chi connectivity index (χ0n) is 11.6. The Morgan fingerprint density at radius 3 is 2.89 bits per heavy atom. The predicted octanol–water partition coefficient (Wildman–Crippen LogP) is 2.07. The zero-order chi connectivity index (χ0) is 14.0. The molecular formula is C15H21NO3. The highest BCUT2D eigenvalue weighted by Gasteiger charge is 2.30. The fourth-order valence-corrected chi connectivity index (χ4v) is 2.25. The van der Waals surface area contributed by atoms with Gasteiger partial charge < -0.3 is 15.2 Å². The normalized spacial score (nSPS) is 22.5. The van der Waals surface area contributed by atoms with E-state index in [1.165, 1.54) is 0 Å². The lowest BCUT2D eigenvalue weighted by atomic mass is 9.97. The molecule has 3 unspecified atom stereocenters. The number of hydrogen-bond acceptors (Lipinski definition) is 3. The summed E-state index contributed by atoms with van der Waals surface area (Å²) in [6, 6.07) is 5.68. The molecule has 0 aromatic heterocycles. The molecule has 0 spiro atoms. The van der Waals surface area contributed by atoms with Crippen molar-refractivity contribution in [2.45, 2.75) is 45.3 Å². The number of benzene rings is 1. The smallest absolute Gasteiger partial charge is 0.255 e. The summed E-state index contributed by atoms with van der Waals surface area (Å²) in [6.07, 6.45) is 0.244. The van der Waals surface area contributed by atoms with E-state index < -0.39 is 6.10 Å². The highest BCUT2D eigenvalue weighted by atomic mass is 16.5. The molecule has 1 aliphatic heterocycles. The molecule has 0 fully saturated rings. The summed E-state index contributed by atoms with van der Waals surface area (Å²) in [6.45, 7) is 6.29. The van der Waals surface area contributed by atoms with Gasteiger partial charge in [0.15, 0.2) is 0 Å². The van der Waals surface area contributed by atoms with E-state index in [1.807, 2.05) is 19.1 Å². The van der Waals surface area contributed by atoms with Crippen LogP contribution in [0.5, 0.6) is 5.75 Å². The van der Waals surface area contributed by atoms with Crippen molar-refractivity contribution in [2.75, 3.05) is 6.54 Å². The first kappa shape index (κ1) is 13.9. The lowest BCUT2D eigenvalue weighted by Gasteiger charge is -2.10. The molecule has 2 N–H and O–H groups in total. The van der Waals surface area contributed by atoms with Gasteiger partial charge in [-0.3, -0.25) is 4.79 Å². The van der Waals surface area contributed by atoms with E-state index in [-0.39, 0.29) is 12.0 Å². The number of carbonyl (C=O) groups excluding carboxylic acids is 1. The van der Waals surface area contributed by atoms with Gasteiger partial charge in [0.2, 0.25) is 0 Å². The van der Waals surface area contributed by atoms with Crippen LogP contribution >= 0.6 is 0 Å². The van der Waals surface area contributed by atoms with Crippen molar-refractivity contribution in [1.29, 1.82) is 0 Å². The molecule has 0 saturated carbocycles. The van der Waals surface area contributed by atoms with Gasteiger partial charge in [-0.15, -0.1) is 0 Å². The Hall–Kier alpha value is -1.55. The molecule has 1 amide bonds. The Morgan fingerprint density at radius 2 is 2.21 bits per heavy atom. The van der Waals surface area contributed by atoms with Gasteiger partial charge in [-0.05, 0) is 26.3 Å². The summed E-state index contributed by atoms with van der Waals surface area (Å²) >= 11 is 0. The summed E-state index contributed by atoms with van der Waals surface area (Å²) in [4.78, 5) is 12.1. The molecule has 2 rings (SSSR count). The molecule has 0 radical (unpaired) electrons. The van der Waals surface area contributed by atoms with Gasteiger partial charge in [0, 0.05) is 18.0 Å². The lowest BCUT2D eigenvalue weighted by Crippen LogP contribution is -2.27. The number of ether oxygens (including phenoxy) is 1. The average molecular weight is 263 g/mol. The van der Waals surface area contributed by atoms with Gasteiger partial charge >= 0.3 is 0 Å². The molecule has 19 heavy (non-hydrogen) atoms. The molecule has 104 valence electrons. The van der Waals surface area contributed by atoms with Crippen molar-refractivity contribution < 1.29 is 14.6 Å². The van der Waals surface area contributed by atoms with E-state index in [2.05, 4.69) is 12.2 Å². The monoisotopic (exact) mass is 263 g/mol. The number of fused-ring (bicyclic) bond motifs is 1. The predicted molar refractivity (Wildman–Crippen MR) is 73.6 cm³/mol. The summed E-state index contributed by atoms with van der Waals surface area (Å²) in [7, 11) is 0. The third kappa shape index (κ3) is 2.89. The van der Waals surface area contributed by atoms with E-state index in [1.54, 1.807) is 13.0 Å². The fraction of sp³-hybridized carbons (Fsp3) is 0.533. The number of carbonyl (C=O) groups is 1. The van der Waals surface area contributed by atoms with Crippen molar-refractivity contribution in [3.05, 3.63) is 29.3 Å². The topological polar surface area (TPSA) is 58.6 Å². The second kappa shape index (κ2) is 5.61. The van der Waals surface area contributed by atoms with Crippen molar-refractivity contribution >= 4 is 5.91 Å². The molecule has 0 saturated heterocycles. The molecule has 1 heterocycles. The van der Waals surface area contributed by atoms with Gasteiger partial charge in [-0.25, -0.2) is 0 Å². The van der Waals surface area contributed by atoms with Crippen LogP contribution in [0.3, 0.4) is 0 Å². The number of aliphatic hydroxyl groups excluding tert-OH is 1. The Balaban J connectivity index is 2.12. The number of amides is 1. The summed E-state index contributed by atoms with van der Waals surface area (Å²) in [5.74, 6) is 0.871. The van der Waals surface area contributed by atoms with Gasteiger partial charge in [0.05, 0.1) is 11.7 Å². The van der Waals surface area contributed by atoms with E-state index in [0.29, 0.717) is 30.2 Å². The highest BCUT2D eigenvalue weighted by Crippen LogP contribution is 2.40. The van der Waals surface area contributed by atoms with Gasteiger partial charge in [0.25, 0.3) is 5.91 Å². The first-order valence-electron chi connectivity index (χ1n) is 6.76. The first-order valence-corrected chi connectivity index (χ1v) is 6.76. The molecule has 0 bridgehead atoms.